The van der Waals surface area contributed by atoms with Gasteiger partial charge in [0.05, 0.1) is 46.3 Å². The second kappa shape index (κ2) is 17.8. The number of nitrogens with one attached hydrogen (secondary N) is 4. The van der Waals surface area contributed by atoms with Gasteiger partial charge in [-0.1, -0.05) is 18.2 Å². The molecule has 4 rings (SSSR count). The fraction of sp³-hybridized carbons (Fsp3) is 0.452. The molecule has 0 bridgehead atoms. The SMILES string of the molecule is NCOCCOCCOCCNC(=O)COc1ccc(CNC(=O)CNc2ccc3c(c2)C(=O)N([C@@H]2CCC(=O)NC2=O)C3)cc1. The number of piperidine rings is 1. The van der Waals surface area contributed by atoms with Gasteiger partial charge in [0.1, 0.15) is 11.8 Å². The van der Waals surface area contributed by atoms with E-state index in [1.165, 1.54) is 4.90 Å². The second-order valence-corrected chi connectivity index (χ2v) is 10.5. The fourth-order valence-electron chi connectivity index (χ4n) is 4.80. The van der Waals surface area contributed by atoms with Gasteiger partial charge in [0.25, 0.3) is 11.8 Å². The number of ether oxygens (including phenoxy) is 4. The molecule has 0 aliphatic carbocycles. The standard InChI is InChI=1S/C31H40N6O9/c32-20-45-14-13-44-12-11-43-10-9-33-29(40)19-46-24-5-1-21(2-6-24)16-35-28(39)17-34-23-4-3-22-18-37(31(42)25(22)15-23)26-7-8-27(38)36-30(26)41/h1-6,15,26,34H,7-14,16-20,32H2,(H,33,40)(H,35,39)(H,36,38,41)/t26-/m1/s1. The minimum absolute atomic E-state index is 0.0103. The van der Waals surface area contributed by atoms with Crippen molar-refractivity contribution in [2.75, 3.05) is 64.8 Å². The van der Waals surface area contributed by atoms with Crippen LogP contribution in [0.2, 0.25) is 0 Å². The van der Waals surface area contributed by atoms with Gasteiger partial charge in [-0.15, -0.1) is 0 Å². The third-order valence-corrected chi connectivity index (χ3v) is 7.19. The predicted octanol–water partition coefficient (Wildman–Crippen LogP) is -0.363. The molecule has 6 N–H and O–H groups in total. The Morgan fingerprint density at radius 3 is 2.39 bits per heavy atom. The number of fused-ring (bicyclic) bond motifs is 1. The highest BCUT2D eigenvalue weighted by molar-refractivity contribution is 6.05. The zero-order chi connectivity index (χ0) is 32.7. The number of carbonyl (C=O) groups is 5. The van der Waals surface area contributed by atoms with E-state index in [1.807, 2.05) is 0 Å². The van der Waals surface area contributed by atoms with Crippen LogP contribution >= 0.6 is 0 Å². The third-order valence-electron chi connectivity index (χ3n) is 7.19. The van der Waals surface area contributed by atoms with Crippen molar-refractivity contribution in [3.63, 3.8) is 0 Å². The van der Waals surface area contributed by atoms with Crippen molar-refractivity contribution < 1.29 is 42.9 Å². The maximum absolute atomic E-state index is 13.0. The molecular weight excluding hydrogens is 600 g/mol. The summed E-state index contributed by atoms with van der Waals surface area (Å²) in [5.41, 5.74) is 7.89. The molecule has 2 aliphatic rings. The summed E-state index contributed by atoms with van der Waals surface area (Å²) in [7, 11) is 0. The monoisotopic (exact) mass is 640 g/mol. The minimum atomic E-state index is -0.680. The van der Waals surface area contributed by atoms with E-state index in [1.54, 1.807) is 42.5 Å². The average Bonchev–Trinajstić information content (AvgIpc) is 3.38. The van der Waals surface area contributed by atoms with E-state index >= 15 is 0 Å². The lowest BCUT2D eigenvalue weighted by molar-refractivity contribution is -0.137. The molecule has 2 aromatic carbocycles. The van der Waals surface area contributed by atoms with E-state index < -0.39 is 11.9 Å². The number of hydrogen-bond acceptors (Lipinski definition) is 11. The van der Waals surface area contributed by atoms with Gasteiger partial charge >= 0.3 is 0 Å². The Morgan fingerprint density at radius 1 is 0.913 bits per heavy atom. The Hall–Kier alpha value is -4.57. The summed E-state index contributed by atoms with van der Waals surface area (Å²) in [6, 6.07) is 11.6. The first-order chi connectivity index (χ1) is 22.3. The summed E-state index contributed by atoms with van der Waals surface area (Å²) >= 11 is 0. The van der Waals surface area contributed by atoms with Crippen LogP contribution in [0.5, 0.6) is 5.75 Å². The van der Waals surface area contributed by atoms with Crippen LogP contribution in [-0.2, 0) is 46.5 Å². The first-order valence-electron chi connectivity index (χ1n) is 15.0. The molecule has 0 spiro atoms. The van der Waals surface area contributed by atoms with Gasteiger partial charge in [0, 0.05) is 37.3 Å². The molecule has 1 saturated heterocycles. The Morgan fingerprint density at radius 2 is 1.65 bits per heavy atom. The Kier molecular flexibility index (Phi) is 13.3. The van der Waals surface area contributed by atoms with Crippen molar-refractivity contribution in [1.29, 1.82) is 0 Å². The molecule has 0 saturated carbocycles. The highest BCUT2D eigenvalue weighted by Crippen LogP contribution is 2.29. The topological polar surface area (TPSA) is 200 Å². The summed E-state index contributed by atoms with van der Waals surface area (Å²) < 4.78 is 21.1. The summed E-state index contributed by atoms with van der Waals surface area (Å²) in [4.78, 5) is 62.6. The van der Waals surface area contributed by atoms with Gasteiger partial charge in [-0.2, -0.15) is 0 Å². The average molecular weight is 641 g/mol. The molecule has 248 valence electrons. The Labute approximate surface area is 266 Å². The molecule has 0 unspecified atom stereocenters. The van der Waals surface area contributed by atoms with Crippen molar-refractivity contribution >= 4 is 35.2 Å². The molecule has 46 heavy (non-hydrogen) atoms. The molecular formula is C31H40N6O9. The van der Waals surface area contributed by atoms with Gasteiger partial charge in [-0.05, 0) is 41.8 Å². The maximum Gasteiger partial charge on any atom is 0.258 e. The van der Waals surface area contributed by atoms with Crippen LogP contribution in [0.15, 0.2) is 42.5 Å². The van der Waals surface area contributed by atoms with Crippen molar-refractivity contribution in [1.82, 2.24) is 20.9 Å². The van der Waals surface area contributed by atoms with Crippen LogP contribution in [0.1, 0.15) is 34.3 Å². The van der Waals surface area contributed by atoms with E-state index in [0.29, 0.717) is 69.5 Å². The number of anilines is 1. The van der Waals surface area contributed by atoms with Crippen molar-refractivity contribution in [3.05, 3.63) is 59.2 Å². The first kappa shape index (κ1) is 34.3. The summed E-state index contributed by atoms with van der Waals surface area (Å²) in [5, 5.41) is 10.9. The zero-order valence-corrected chi connectivity index (χ0v) is 25.5. The molecule has 1 fully saturated rings. The number of rotatable bonds is 19. The Bertz CT molecular complexity index is 1370. The third kappa shape index (κ3) is 10.5. The van der Waals surface area contributed by atoms with E-state index in [9.17, 15) is 24.0 Å². The number of carbonyl (C=O) groups excluding carboxylic acids is 5. The van der Waals surface area contributed by atoms with E-state index in [-0.39, 0.29) is 56.5 Å². The summed E-state index contributed by atoms with van der Waals surface area (Å²) in [6.45, 7) is 3.00. The number of hydrogen-bond donors (Lipinski definition) is 5. The van der Waals surface area contributed by atoms with Crippen LogP contribution in [0.25, 0.3) is 0 Å². The quantitative estimate of drug-likeness (QED) is 0.0763. The lowest BCUT2D eigenvalue weighted by Gasteiger charge is -2.29. The highest BCUT2D eigenvalue weighted by atomic mass is 16.5. The van der Waals surface area contributed by atoms with Crippen LogP contribution < -0.4 is 31.7 Å². The maximum atomic E-state index is 13.0. The molecule has 2 aliphatic heterocycles. The predicted molar refractivity (Wildman–Crippen MR) is 164 cm³/mol. The van der Waals surface area contributed by atoms with Crippen LogP contribution in [-0.4, -0.2) is 99.9 Å². The number of amides is 5. The van der Waals surface area contributed by atoms with Gasteiger partial charge < -0.3 is 45.5 Å². The molecule has 5 amide bonds. The number of nitrogens with two attached hydrogens (primary N) is 1. The minimum Gasteiger partial charge on any atom is -0.484 e. The zero-order valence-electron chi connectivity index (χ0n) is 25.5. The second-order valence-electron chi connectivity index (χ2n) is 10.5. The largest absolute Gasteiger partial charge is 0.484 e. The lowest BCUT2D eigenvalue weighted by Crippen LogP contribution is -2.52. The van der Waals surface area contributed by atoms with Crippen LogP contribution in [0, 0.1) is 0 Å². The van der Waals surface area contributed by atoms with Crippen LogP contribution in [0.3, 0.4) is 0 Å². The molecule has 0 radical (unpaired) electrons. The van der Waals surface area contributed by atoms with Crippen LogP contribution in [0.4, 0.5) is 5.69 Å². The van der Waals surface area contributed by atoms with Gasteiger partial charge in [-0.25, -0.2) is 0 Å². The number of imide groups is 1. The number of benzene rings is 2. The fourth-order valence-corrected chi connectivity index (χ4v) is 4.80. The first-order valence-corrected chi connectivity index (χ1v) is 15.0. The molecule has 15 nitrogen and oxygen atoms in total. The Balaban J connectivity index is 1.09. The molecule has 2 aromatic rings. The van der Waals surface area contributed by atoms with Crippen molar-refractivity contribution in [2.24, 2.45) is 5.73 Å². The van der Waals surface area contributed by atoms with E-state index in [0.717, 1.165) is 11.1 Å². The molecule has 15 heteroatoms. The van der Waals surface area contributed by atoms with Gasteiger partial charge in [0.15, 0.2) is 6.61 Å². The van der Waals surface area contributed by atoms with Crippen molar-refractivity contribution in [3.8, 4) is 5.75 Å². The summed E-state index contributed by atoms with van der Waals surface area (Å²) in [5.74, 6) is -1.08. The van der Waals surface area contributed by atoms with E-state index in [2.05, 4.69) is 21.3 Å². The summed E-state index contributed by atoms with van der Waals surface area (Å²) in [6.07, 6.45) is 0.489. The lowest BCUT2D eigenvalue weighted by atomic mass is 10.0. The number of nitrogens with zero attached hydrogens (tertiary/aromatic N) is 1. The normalized spacial score (nSPS) is 15.7. The van der Waals surface area contributed by atoms with Gasteiger partial charge in [-0.3, -0.25) is 29.3 Å². The molecule has 2 heterocycles. The van der Waals surface area contributed by atoms with Gasteiger partial charge in [0.2, 0.25) is 17.7 Å². The highest BCUT2D eigenvalue weighted by Gasteiger charge is 2.39. The van der Waals surface area contributed by atoms with E-state index in [4.69, 9.17) is 24.7 Å². The smallest absolute Gasteiger partial charge is 0.258 e. The van der Waals surface area contributed by atoms with Crippen molar-refractivity contribution in [2.45, 2.75) is 32.0 Å². The molecule has 1 atom stereocenters. The molecule has 0 aromatic heterocycles.